The number of alkyl halides is 1. The average Bonchev–Trinajstić information content (AvgIpc) is 1.65. The van der Waals surface area contributed by atoms with Crippen LogP contribution >= 0.6 is 15.9 Å². The molecule has 48 valence electrons. The van der Waals surface area contributed by atoms with Gasteiger partial charge >= 0.3 is 0 Å². The van der Waals surface area contributed by atoms with Crippen LogP contribution in [0.25, 0.3) is 0 Å². The Kier molecular flexibility index (Phi) is 4.25. The molecule has 0 spiro atoms. The van der Waals surface area contributed by atoms with Crippen molar-refractivity contribution in [3.63, 3.8) is 0 Å². The first-order valence-electron chi connectivity index (χ1n) is 2.87. The van der Waals surface area contributed by atoms with Crippen molar-refractivity contribution in [2.24, 2.45) is 5.92 Å². The summed E-state index contributed by atoms with van der Waals surface area (Å²) in [5, 5.41) is 1.08. The monoisotopic (exact) mass is 176 g/mol. The molecule has 0 heterocycles. The van der Waals surface area contributed by atoms with Gasteiger partial charge in [-0.1, -0.05) is 28.4 Å². The Hall–Kier alpha value is 0.220. The van der Waals surface area contributed by atoms with Crippen LogP contribution in [0, 0.1) is 5.92 Å². The van der Waals surface area contributed by atoms with Crippen LogP contribution in [0.15, 0.2) is 12.2 Å². The normalized spacial score (nSPS) is 13.4. The number of allylic oxidation sites excluding steroid dienone is 1. The van der Waals surface area contributed by atoms with Gasteiger partial charge in [0.2, 0.25) is 0 Å². The van der Waals surface area contributed by atoms with Gasteiger partial charge in [0, 0.05) is 5.33 Å². The first kappa shape index (κ1) is 8.22. The second-order valence-electron chi connectivity index (χ2n) is 2.42. The zero-order chi connectivity index (χ0) is 6.57. The fourth-order valence-corrected chi connectivity index (χ4v) is 0.878. The minimum absolute atomic E-state index is 0.743. The van der Waals surface area contributed by atoms with E-state index in [0.717, 1.165) is 17.7 Å². The molecule has 0 aliphatic heterocycles. The minimum Gasteiger partial charge on any atom is -0.100 e. The van der Waals surface area contributed by atoms with E-state index in [1.165, 1.54) is 5.57 Å². The molecule has 0 nitrogen and oxygen atoms in total. The lowest BCUT2D eigenvalue weighted by Gasteiger charge is -2.04. The number of halogens is 1. The molecule has 0 fully saturated rings. The van der Waals surface area contributed by atoms with Gasteiger partial charge in [-0.25, -0.2) is 0 Å². The number of hydrogen-bond acceptors (Lipinski definition) is 0. The molecule has 1 unspecified atom stereocenters. The first-order chi connectivity index (χ1) is 3.66. The molecule has 0 amide bonds. The summed E-state index contributed by atoms with van der Waals surface area (Å²) < 4.78 is 0. The van der Waals surface area contributed by atoms with Crippen LogP contribution in [0.3, 0.4) is 0 Å². The van der Waals surface area contributed by atoms with Crippen LogP contribution < -0.4 is 0 Å². The molecule has 0 aliphatic carbocycles. The van der Waals surface area contributed by atoms with Crippen LogP contribution in [-0.2, 0) is 0 Å². The highest BCUT2D eigenvalue weighted by atomic mass is 79.9. The molecular weight excluding hydrogens is 164 g/mol. The zero-order valence-electron chi connectivity index (χ0n) is 5.58. The summed E-state index contributed by atoms with van der Waals surface area (Å²) in [7, 11) is 0. The van der Waals surface area contributed by atoms with Crippen LogP contribution in [0.2, 0.25) is 0 Å². The first-order valence-corrected chi connectivity index (χ1v) is 3.99. The van der Waals surface area contributed by atoms with Crippen LogP contribution in [0.1, 0.15) is 20.3 Å². The van der Waals surface area contributed by atoms with E-state index in [9.17, 15) is 0 Å². The fraction of sp³-hybridized carbons (Fsp3) is 0.714. The molecule has 0 N–H and O–H groups in total. The maximum absolute atomic E-state index is 3.82. The molecule has 0 radical (unpaired) electrons. The standard InChI is InChI=1S/C7H13Br/c1-6(2)4-7(3)5-8/h7H,1,4-5H2,2-3H3. The molecule has 0 rings (SSSR count). The van der Waals surface area contributed by atoms with E-state index in [1.807, 2.05) is 0 Å². The highest BCUT2D eigenvalue weighted by Gasteiger charge is 1.97. The summed E-state index contributed by atoms with van der Waals surface area (Å²) in [5.41, 5.74) is 1.27. The van der Waals surface area contributed by atoms with E-state index in [4.69, 9.17) is 0 Å². The summed E-state index contributed by atoms with van der Waals surface area (Å²) in [6, 6.07) is 0. The lowest BCUT2D eigenvalue weighted by molar-refractivity contribution is 0.659. The maximum atomic E-state index is 3.82. The second-order valence-corrected chi connectivity index (χ2v) is 3.07. The quantitative estimate of drug-likeness (QED) is 0.459. The molecule has 0 aromatic rings. The Morgan fingerprint density at radius 1 is 1.75 bits per heavy atom. The number of rotatable bonds is 3. The van der Waals surface area contributed by atoms with E-state index >= 15 is 0 Å². The SMILES string of the molecule is C=C(C)CC(C)CBr. The molecule has 0 saturated carbocycles. The summed E-state index contributed by atoms with van der Waals surface area (Å²) in [6.07, 6.45) is 1.14. The smallest absolute Gasteiger partial charge is 0.00600 e. The van der Waals surface area contributed by atoms with Gasteiger partial charge < -0.3 is 0 Å². The van der Waals surface area contributed by atoms with Gasteiger partial charge in [0.1, 0.15) is 0 Å². The molecule has 0 aromatic carbocycles. The Balaban J connectivity index is 3.24. The lowest BCUT2D eigenvalue weighted by Crippen LogP contribution is -1.94. The summed E-state index contributed by atoms with van der Waals surface area (Å²) >= 11 is 3.40. The molecule has 0 saturated heterocycles. The molecular formula is C7H13Br. The van der Waals surface area contributed by atoms with E-state index in [2.05, 4.69) is 36.4 Å². The minimum atomic E-state index is 0.743. The van der Waals surface area contributed by atoms with Crippen molar-refractivity contribution in [1.82, 2.24) is 0 Å². The van der Waals surface area contributed by atoms with Crippen molar-refractivity contribution in [3.05, 3.63) is 12.2 Å². The predicted octanol–water partition coefficient (Wildman–Crippen LogP) is 2.98. The summed E-state index contributed by atoms with van der Waals surface area (Å²) in [5.74, 6) is 0.743. The van der Waals surface area contributed by atoms with E-state index in [1.54, 1.807) is 0 Å². The Morgan fingerprint density at radius 2 is 2.25 bits per heavy atom. The van der Waals surface area contributed by atoms with Gasteiger partial charge in [0.05, 0.1) is 0 Å². The van der Waals surface area contributed by atoms with Crippen molar-refractivity contribution in [2.45, 2.75) is 20.3 Å². The maximum Gasteiger partial charge on any atom is 0.00600 e. The summed E-state index contributed by atoms with van der Waals surface area (Å²) in [4.78, 5) is 0. The molecule has 0 bridgehead atoms. The van der Waals surface area contributed by atoms with E-state index < -0.39 is 0 Å². The van der Waals surface area contributed by atoms with Gasteiger partial charge in [-0.2, -0.15) is 0 Å². The van der Waals surface area contributed by atoms with Crippen molar-refractivity contribution in [3.8, 4) is 0 Å². The van der Waals surface area contributed by atoms with Gasteiger partial charge in [-0.05, 0) is 19.3 Å². The van der Waals surface area contributed by atoms with Gasteiger partial charge in [-0.15, -0.1) is 6.58 Å². The Labute approximate surface area is 60.1 Å². The van der Waals surface area contributed by atoms with E-state index in [-0.39, 0.29) is 0 Å². The predicted molar refractivity (Wildman–Crippen MR) is 42.4 cm³/mol. The topological polar surface area (TPSA) is 0 Å². The van der Waals surface area contributed by atoms with Gasteiger partial charge in [-0.3, -0.25) is 0 Å². The van der Waals surface area contributed by atoms with Crippen molar-refractivity contribution >= 4 is 15.9 Å². The Bertz CT molecular complexity index is 76.5. The van der Waals surface area contributed by atoms with Crippen molar-refractivity contribution < 1.29 is 0 Å². The zero-order valence-corrected chi connectivity index (χ0v) is 7.16. The van der Waals surface area contributed by atoms with Crippen LogP contribution in [0.5, 0.6) is 0 Å². The van der Waals surface area contributed by atoms with Gasteiger partial charge in [0.25, 0.3) is 0 Å². The largest absolute Gasteiger partial charge is 0.100 e. The lowest BCUT2D eigenvalue weighted by atomic mass is 10.1. The molecule has 1 atom stereocenters. The molecule has 1 heteroatoms. The van der Waals surface area contributed by atoms with Crippen molar-refractivity contribution in [2.75, 3.05) is 5.33 Å². The second kappa shape index (κ2) is 4.13. The molecule has 0 aromatic heterocycles. The third-order valence-electron chi connectivity index (χ3n) is 0.960. The van der Waals surface area contributed by atoms with Gasteiger partial charge in [0.15, 0.2) is 0 Å². The number of hydrogen-bond donors (Lipinski definition) is 0. The Morgan fingerprint density at radius 3 is 2.38 bits per heavy atom. The fourth-order valence-electron chi connectivity index (χ4n) is 0.649. The van der Waals surface area contributed by atoms with Crippen LogP contribution in [0.4, 0.5) is 0 Å². The highest BCUT2D eigenvalue weighted by molar-refractivity contribution is 9.09. The molecule has 8 heavy (non-hydrogen) atoms. The van der Waals surface area contributed by atoms with Crippen molar-refractivity contribution in [1.29, 1.82) is 0 Å². The van der Waals surface area contributed by atoms with E-state index in [0.29, 0.717) is 0 Å². The summed E-state index contributed by atoms with van der Waals surface area (Å²) in [6.45, 7) is 8.10. The van der Waals surface area contributed by atoms with Crippen LogP contribution in [-0.4, -0.2) is 5.33 Å². The third kappa shape index (κ3) is 4.38. The third-order valence-corrected chi connectivity index (χ3v) is 2.07. The molecule has 0 aliphatic rings. The highest BCUT2D eigenvalue weighted by Crippen LogP contribution is 2.10. The average molecular weight is 177 g/mol.